The number of urea groups is 1. The van der Waals surface area contributed by atoms with Gasteiger partial charge in [-0.2, -0.15) is 0 Å². The van der Waals surface area contributed by atoms with Crippen LogP contribution in [0.1, 0.15) is 51.0 Å². The van der Waals surface area contributed by atoms with Gasteiger partial charge in [-0.05, 0) is 23.8 Å². The lowest BCUT2D eigenvalue weighted by atomic mass is 10.0. The fraction of sp³-hybridized carbons (Fsp3) is 0.600. The van der Waals surface area contributed by atoms with Crippen molar-refractivity contribution in [2.45, 2.75) is 52.1 Å². The van der Waals surface area contributed by atoms with Crippen molar-refractivity contribution in [2.24, 2.45) is 5.92 Å². The summed E-state index contributed by atoms with van der Waals surface area (Å²) in [5.74, 6) is -0.760. The number of rotatable bonds is 8. The minimum Gasteiger partial charge on any atom is -0.480 e. The van der Waals surface area contributed by atoms with Crippen LogP contribution in [0.25, 0.3) is 0 Å². The molecule has 2 atom stereocenters. The topological polar surface area (TPSA) is 78.4 Å². The SMILES string of the molecule is CCCCC(NC(=O)NC(c1cccs1)C(C)C)C(=O)O. The molecule has 2 amide bonds. The molecule has 1 heterocycles. The summed E-state index contributed by atoms with van der Waals surface area (Å²) in [4.78, 5) is 24.3. The zero-order valence-corrected chi connectivity index (χ0v) is 13.6. The molecule has 0 aliphatic rings. The van der Waals surface area contributed by atoms with Crippen molar-refractivity contribution >= 4 is 23.3 Å². The Hall–Kier alpha value is -1.56. The summed E-state index contributed by atoms with van der Waals surface area (Å²) in [6.45, 7) is 6.04. The molecular weight excluding hydrogens is 288 g/mol. The molecule has 118 valence electrons. The normalized spacial score (nSPS) is 13.7. The van der Waals surface area contributed by atoms with Crippen LogP contribution >= 0.6 is 11.3 Å². The van der Waals surface area contributed by atoms with Crippen molar-refractivity contribution in [2.75, 3.05) is 0 Å². The Labute approximate surface area is 129 Å². The first-order chi connectivity index (χ1) is 9.95. The average Bonchev–Trinajstić information content (AvgIpc) is 2.93. The van der Waals surface area contributed by atoms with Crippen molar-refractivity contribution < 1.29 is 14.7 Å². The molecule has 2 unspecified atom stereocenters. The Morgan fingerprint density at radius 3 is 2.52 bits per heavy atom. The summed E-state index contributed by atoms with van der Waals surface area (Å²) in [6, 6.07) is 2.55. The Balaban J connectivity index is 2.62. The van der Waals surface area contributed by atoms with Crippen molar-refractivity contribution in [1.29, 1.82) is 0 Å². The summed E-state index contributed by atoms with van der Waals surface area (Å²) >= 11 is 1.58. The van der Waals surface area contributed by atoms with E-state index in [1.54, 1.807) is 11.3 Å². The number of aliphatic carboxylic acids is 1. The predicted octanol–water partition coefficient (Wildman–Crippen LogP) is 3.39. The van der Waals surface area contributed by atoms with Crippen LogP contribution in [-0.4, -0.2) is 23.1 Å². The van der Waals surface area contributed by atoms with E-state index >= 15 is 0 Å². The molecule has 1 aromatic rings. The smallest absolute Gasteiger partial charge is 0.326 e. The van der Waals surface area contributed by atoms with Gasteiger partial charge in [0.1, 0.15) is 6.04 Å². The third kappa shape index (κ3) is 5.75. The second-order valence-corrected chi connectivity index (χ2v) is 6.37. The zero-order chi connectivity index (χ0) is 15.8. The van der Waals surface area contributed by atoms with Crippen molar-refractivity contribution in [1.82, 2.24) is 10.6 Å². The van der Waals surface area contributed by atoms with Crippen molar-refractivity contribution in [3.63, 3.8) is 0 Å². The van der Waals surface area contributed by atoms with Crippen LogP contribution in [0.2, 0.25) is 0 Å². The van der Waals surface area contributed by atoms with Gasteiger partial charge in [0.2, 0.25) is 0 Å². The highest BCUT2D eigenvalue weighted by atomic mass is 32.1. The van der Waals surface area contributed by atoms with Crippen LogP contribution in [0.4, 0.5) is 4.79 Å². The third-order valence-corrected chi connectivity index (χ3v) is 4.21. The maximum absolute atomic E-state index is 12.1. The Morgan fingerprint density at radius 1 is 1.33 bits per heavy atom. The number of hydrogen-bond acceptors (Lipinski definition) is 3. The molecule has 1 aromatic heterocycles. The largest absolute Gasteiger partial charge is 0.480 e. The van der Waals surface area contributed by atoms with Gasteiger partial charge in [-0.1, -0.05) is 39.7 Å². The maximum Gasteiger partial charge on any atom is 0.326 e. The number of carbonyl (C=O) groups excluding carboxylic acids is 1. The molecule has 0 fully saturated rings. The van der Waals surface area contributed by atoms with E-state index in [4.69, 9.17) is 5.11 Å². The van der Waals surface area contributed by atoms with E-state index < -0.39 is 18.0 Å². The molecule has 3 N–H and O–H groups in total. The first-order valence-electron chi connectivity index (χ1n) is 7.29. The van der Waals surface area contributed by atoms with E-state index in [2.05, 4.69) is 10.6 Å². The standard InChI is InChI=1S/C15H24N2O3S/c1-4-5-7-11(14(18)19)16-15(20)17-13(10(2)3)12-8-6-9-21-12/h6,8-11,13H,4-5,7H2,1-3H3,(H,18,19)(H2,16,17,20). The maximum atomic E-state index is 12.1. The zero-order valence-electron chi connectivity index (χ0n) is 12.8. The summed E-state index contributed by atoms with van der Waals surface area (Å²) in [7, 11) is 0. The second-order valence-electron chi connectivity index (χ2n) is 5.39. The monoisotopic (exact) mass is 312 g/mol. The van der Waals surface area contributed by atoms with Gasteiger partial charge in [-0.25, -0.2) is 9.59 Å². The number of carboxylic acid groups (broad SMARTS) is 1. The highest BCUT2D eigenvalue weighted by molar-refractivity contribution is 7.10. The summed E-state index contributed by atoms with van der Waals surface area (Å²) in [5, 5.41) is 16.5. The molecule has 0 spiro atoms. The van der Waals surface area contributed by atoms with E-state index in [0.717, 1.165) is 17.7 Å². The number of hydrogen-bond donors (Lipinski definition) is 3. The lowest BCUT2D eigenvalue weighted by Crippen LogP contribution is -2.47. The van der Waals surface area contributed by atoms with Crippen LogP contribution in [0.5, 0.6) is 0 Å². The molecule has 0 aliphatic carbocycles. The number of unbranched alkanes of at least 4 members (excludes halogenated alkanes) is 1. The molecule has 0 aromatic carbocycles. The van der Waals surface area contributed by atoms with Crippen LogP contribution in [0.15, 0.2) is 17.5 Å². The quantitative estimate of drug-likeness (QED) is 0.688. The van der Waals surface area contributed by atoms with Gasteiger partial charge in [-0.15, -0.1) is 11.3 Å². The number of carbonyl (C=O) groups is 2. The van der Waals surface area contributed by atoms with Gasteiger partial charge in [0.25, 0.3) is 0 Å². The van der Waals surface area contributed by atoms with Crippen molar-refractivity contribution in [3.05, 3.63) is 22.4 Å². The fourth-order valence-corrected chi connectivity index (χ4v) is 2.99. The molecule has 0 saturated heterocycles. The van der Waals surface area contributed by atoms with Gasteiger partial charge in [0.15, 0.2) is 0 Å². The lowest BCUT2D eigenvalue weighted by Gasteiger charge is -2.23. The molecule has 21 heavy (non-hydrogen) atoms. The number of carboxylic acids is 1. The first kappa shape index (κ1) is 17.5. The molecule has 6 heteroatoms. The molecule has 0 radical (unpaired) electrons. The van der Waals surface area contributed by atoms with Crippen LogP contribution in [-0.2, 0) is 4.79 Å². The van der Waals surface area contributed by atoms with Gasteiger partial charge in [0.05, 0.1) is 6.04 Å². The Kier molecular flexibility index (Phi) is 7.22. The fourth-order valence-electron chi connectivity index (χ4n) is 2.04. The van der Waals surface area contributed by atoms with E-state index in [0.29, 0.717) is 6.42 Å². The Bertz CT molecular complexity index is 446. The van der Waals surface area contributed by atoms with Gasteiger partial charge < -0.3 is 15.7 Å². The van der Waals surface area contributed by atoms with Crippen LogP contribution in [0.3, 0.4) is 0 Å². The molecule has 5 nitrogen and oxygen atoms in total. The van der Waals surface area contributed by atoms with Gasteiger partial charge >= 0.3 is 12.0 Å². The van der Waals surface area contributed by atoms with E-state index in [1.807, 2.05) is 38.3 Å². The first-order valence-corrected chi connectivity index (χ1v) is 8.16. The summed E-state index contributed by atoms with van der Waals surface area (Å²) in [6.07, 6.45) is 2.12. The molecule has 0 saturated carbocycles. The van der Waals surface area contributed by atoms with E-state index in [-0.39, 0.29) is 12.0 Å². The minimum atomic E-state index is -0.990. The highest BCUT2D eigenvalue weighted by Gasteiger charge is 2.23. The van der Waals surface area contributed by atoms with E-state index in [9.17, 15) is 9.59 Å². The second kappa shape index (κ2) is 8.67. The van der Waals surface area contributed by atoms with E-state index in [1.165, 1.54) is 0 Å². The Morgan fingerprint density at radius 2 is 2.05 bits per heavy atom. The predicted molar refractivity (Wildman–Crippen MR) is 84.5 cm³/mol. The average molecular weight is 312 g/mol. The summed E-state index contributed by atoms with van der Waals surface area (Å²) < 4.78 is 0. The van der Waals surface area contributed by atoms with Crippen molar-refractivity contribution in [3.8, 4) is 0 Å². The molecule has 0 aliphatic heterocycles. The lowest BCUT2D eigenvalue weighted by molar-refractivity contribution is -0.139. The highest BCUT2D eigenvalue weighted by Crippen LogP contribution is 2.25. The minimum absolute atomic E-state index is 0.106. The number of amides is 2. The molecule has 0 bridgehead atoms. The van der Waals surface area contributed by atoms with Crippen LogP contribution < -0.4 is 10.6 Å². The van der Waals surface area contributed by atoms with Gasteiger partial charge in [0, 0.05) is 4.88 Å². The number of thiophene rings is 1. The third-order valence-electron chi connectivity index (χ3n) is 3.25. The van der Waals surface area contributed by atoms with Crippen LogP contribution in [0, 0.1) is 5.92 Å². The van der Waals surface area contributed by atoms with Gasteiger partial charge in [-0.3, -0.25) is 0 Å². The number of nitrogens with one attached hydrogen (secondary N) is 2. The molecule has 1 rings (SSSR count). The summed E-state index contributed by atoms with van der Waals surface area (Å²) in [5.41, 5.74) is 0. The molecular formula is C15H24N2O3S.